The fourth-order valence-electron chi connectivity index (χ4n) is 3.70. The minimum absolute atomic E-state index is 0. The SMILES string of the molecule is CCNC(=NCCCOCC1CCOCC1)NCCC(=O)NC1CCCCC1.I. The number of nitrogens with one attached hydrogen (secondary N) is 3. The average Bonchev–Trinajstić information content (AvgIpc) is 2.72. The molecule has 2 rings (SSSR count). The molecule has 0 aromatic heterocycles. The quantitative estimate of drug-likeness (QED) is 0.168. The highest BCUT2D eigenvalue weighted by molar-refractivity contribution is 14.0. The van der Waals surface area contributed by atoms with E-state index in [9.17, 15) is 4.79 Å². The van der Waals surface area contributed by atoms with Gasteiger partial charge in [-0.05, 0) is 44.9 Å². The van der Waals surface area contributed by atoms with Crippen molar-refractivity contribution in [2.75, 3.05) is 46.1 Å². The summed E-state index contributed by atoms with van der Waals surface area (Å²) < 4.78 is 11.1. The van der Waals surface area contributed by atoms with Crippen molar-refractivity contribution in [1.82, 2.24) is 16.0 Å². The van der Waals surface area contributed by atoms with E-state index in [1.165, 1.54) is 19.3 Å². The molecule has 1 amide bonds. The van der Waals surface area contributed by atoms with Gasteiger partial charge in [0.2, 0.25) is 5.91 Å². The Morgan fingerprint density at radius 1 is 1.10 bits per heavy atom. The molecule has 1 heterocycles. The lowest BCUT2D eigenvalue weighted by Crippen LogP contribution is -2.41. The van der Waals surface area contributed by atoms with E-state index in [2.05, 4.69) is 20.9 Å². The Balaban J connectivity index is 0.00000420. The molecule has 0 bridgehead atoms. The molecule has 0 aromatic carbocycles. The molecule has 29 heavy (non-hydrogen) atoms. The lowest BCUT2D eigenvalue weighted by molar-refractivity contribution is -0.121. The monoisotopic (exact) mass is 524 g/mol. The number of hydrogen-bond donors (Lipinski definition) is 3. The van der Waals surface area contributed by atoms with Crippen LogP contribution in [0, 0.1) is 5.92 Å². The van der Waals surface area contributed by atoms with Crippen LogP contribution in [0.15, 0.2) is 4.99 Å². The van der Waals surface area contributed by atoms with Crippen molar-refractivity contribution in [3.8, 4) is 0 Å². The van der Waals surface area contributed by atoms with Crippen molar-refractivity contribution in [1.29, 1.82) is 0 Å². The summed E-state index contributed by atoms with van der Waals surface area (Å²) in [5.74, 6) is 1.56. The summed E-state index contributed by atoms with van der Waals surface area (Å²) in [4.78, 5) is 16.7. The first-order chi connectivity index (χ1) is 13.8. The van der Waals surface area contributed by atoms with Gasteiger partial charge in [0.05, 0.1) is 0 Å². The second-order valence-corrected chi connectivity index (χ2v) is 7.82. The number of carbonyl (C=O) groups is 1. The highest BCUT2D eigenvalue weighted by Crippen LogP contribution is 2.17. The highest BCUT2D eigenvalue weighted by Gasteiger charge is 2.15. The average molecular weight is 524 g/mol. The Kier molecular flexibility index (Phi) is 15.6. The maximum atomic E-state index is 12.1. The van der Waals surface area contributed by atoms with Crippen LogP contribution in [0.3, 0.4) is 0 Å². The zero-order valence-electron chi connectivity index (χ0n) is 18.0. The van der Waals surface area contributed by atoms with Gasteiger partial charge in [-0.3, -0.25) is 9.79 Å². The summed E-state index contributed by atoms with van der Waals surface area (Å²) in [6.45, 7) is 7.49. The number of aliphatic imine (C=N–C) groups is 1. The van der Waals surface area contributed by atoms with Crippen LogP contribution in [0.1, 0.15) is 64.7 Å². The van der Waals surface area contributed by atoms with E-state index >= 15 is 0 Å². The van der Waals surface area contributed by atoms with Crippen molar-refractivity contribution in [3.63, 3.8) is 0 Å². The normalized spacial score (nSPS) is 18.7. The summed E-state index contributed by atoms with van der Waals surface area (Å²) in [6, 6.07) is 0.379. The maximum Gasteiger partial charge on any atom is 0.221 e. The maximum absolute atomic E-state index is 12.1. The van der Waals surface area contributed by atoms with Crippen molar-refractivity contribution < 1.29 is 14.3 Å². The number of rotatable bonds is 11. The van der Waals surface area contributed by atoms with Gasteiger partial charge in [-0.15, -0.1) is 24.0 Å². The third-order valence-corrected chi connectivity index (χ3v) is 5.37. The van der Waals surface area contributed by atoms with E-state index in [4.69, 9.17) is 9.47 Å². The summed E-state index contributed by atoms with van der Waals surface area (Å²) >= 11 is 0. The molecule has 0 unspecified atom stereocenters. The Bertz CT molecular complexity index is 453. The predicted octanol–water partition coefficient (Wildman–Crippen LogP) is 2.83. The van der Waals surface area contributed by atoms with E-state index in [0.29, 0.717) is 24.9 Å². The lowest BCUT2D eigenvalue weighted by Gasteiger charge is -2.22. The molecule has 0 spiro atoms. The number of guanidine groups is 1. The van der Waals surface area contributed by atoms with E-state index < -0.39 is 0 Å². The van der Waals surface area contributed by atoms with Crippen LogP contribution in [0.4, 0.5) is 0 Å². The molecule has 8 heteroatoms. The molecule has 1 saturated carbocycles. The Morgan fingerprint density at radius 2 is 1.86 bits per heavy atom. The Morgan fingerprint density at radius 3 is 2.59 bits per heavy atom. The Hall–Kier alpha value is -0.610. The van der Waals surface area contributed by atoms with Crippen LogP contribution in [-0.2, 0) is 14.3 Å². The van der Waals surface area contributed by atoms with Crippen LogP contribution in [-0.4, -0.2) is 64.0 Å². The fraction of sp³-hybridized carbons (Fsp3) is 0.905. The molecule has 1 aliphatic carbocycles. The fourth-order valence-corrected chi connectivity index (χ4v) is 3.70. The molecule has 7 nitrogen and oxygen atoms in total. The van der Waals surface area contributed by atoms with E-state index in [0.717, 1.165) is 77.6 Å². The minimum atomic E-state index is 0. The van der Waals surface area contributed by atoms with Crippen LogP contribution in [0.5, 0.6) is 0 Å². The summed E-state index contributed by atoms with van der Waals surface area (Å²) in [6.07, 6.45) is 9.63. The molecule has 170 valence electrons. The minimum Gasteiger partial charge on any atom is -0.381 e. The van der Waals surface area contributed by atoms with Crippen LogP contribution in [0.2, 0.25) is 0 Å². The number of carbonyl (C=O) groups excluding carboxylic acids is 1. The first-order valence-electron chi connectivity index (χ1n) is 11.2. The van der Waals surface area contributed by atoms with Gasteiger partial charge in [0.25, 0.3) is 0 Å². The van der Waals surface area contributed by atoms with Gasteiger partial charge in [-0.2, -0.15) is 0 Å². The second kappa shape index (κ2) is 17.1. The van der Waals surface area contributed by atoms with Gasteiger partial charge >= 0.3 is 0 Å². The predicted molar refractivity (Wildman–Crippen MR) is 128 cm³/mol. The second-order valence-electron chi connectivity index (χ2n) is 7.82. The molecule has 1 aliphatic heterocycles. The zero-order chi connectivity index (χ0) is 19.9. The third kappa shape index (κ3) is 12.6. The summed E-state index contributed by atoms with van der Waals surface area (Å²) in [7, 11) is 0. The van der Waals surface area contributed by atoms with Crippen molar-refractivity contribution >= 4 is 35.8 Å². The molecule has 3 N–H and O–H groups in total. The topological polar surface area (TPSA) is 84.0 Å². The van der Waals surface area contributed by atoms with Crippen LogP contribution < -0.4 is 16.0 Å². The van der Waals surface area contributed by atoms with E-state index in [1.807, 2.05) is 6.92 Å². The molecular formula is C21H41IN4O3. The molecule has 2 aliphatic rings. The molecule has 0 atom stereocenters. The first kappa shape index (κ1) is 26.4. The molecule has 2 fully saturated rings. The first-order valence-corrected chi connectivity index (χ1v) is 11.2. The van der Waals surface area contributed by atoms with Gasteiger partial charge in [-0.25, -0.2) is 0 Å². The van der Waals surface area contributed by atoms with Crippen molar-refractivity contribution in [3.05, 3.63) is 0 Å². The highest BCUT2D eigenvalue weighted by atomic mass is 127. The Labute approximate surface area is 193 Å². The van der Waals surface area contributed by atoms with E-state index in [-0.39, 0.29) is 29.9 Å². The van der Waals surface area contributed by atoms with Gasteiger partial charge < -0.3 is 25.4 Å². The van der Waals surface area contributed by atoms with Gasteiger partial charge in [-0.1, -0.05) is 19.3 Å². The molecular weight excluding hydrogens is 483 g/mol. The molecule has 1 saturated heterocycles. The number of halogens is 1. The van der Waals surface area contributed by atoms with Crippen LogP contribution >= 0.6 is 24.0 Å². The van der Waals surface area contributed by atoms with Crippen molar-refractivity contribution in [2.24, 2.45) is 10.9 Å². The molecule has 0 aromatic rings. The summed E-state index contributed by atoms with van der Waals surface area (Å²) in [5.41, 5.74) is 0. The smallest absolute Gasteiger partial charge is 0.221 e. The number of hydrogen-bond acceptors (Lipinski definition) is 4. The lowest BCUT2D eigenvalue weighted by atomic mass is 9.95. The van der Waals surface area contributed by atoms with Gasteiger partial charge in [0.15, 0.2) is 5.96 Å². The molecule has 0 radical (unpaired) electrons. The number of ether oxygens (including phenoxy) is 2. The number of nitrogens with zero attached hydrogens (tertiary/aromatic N) is 1. The van der Waals surface area contributed by atoms with Crippen molar-refractivity contribution in [2.45, 2.75) is 70.8 Å². The number of amides is 1. The van der Waals surface area contributed by atoms with Gasteiger partial charge in [0.1, 0.15) is 0 Å². The summed E-state index contributed by atoms with van der Waals surface area (Å²) in [5, 5.41) is 9.64. The van der Waals surface area contributed by atoms with Crippen LogP contribution in [0.25, 0.3) is 0 Å². The van der Waals surface area contributed by atoms with Gasteiger partial charge in [0, 0.05) is 58.5 Å². The third-order valence-electron chi connectivity index (χ3n) is 5.37. The largest absolute Gasteiger partial charge is 0.381 e. The standard InChI is InChI=1S/C21H40N4O3.HI/c1-2-22-21(23-12-6-14-28-17-18-10-15-27-16-11-18)24-13-9-20(26)25-19-7-4-3-5-8-19;/h18-19H,2-17H2,1H3,(H,25,26)(H2,22,23,24);1H. The zero-order valence-corrected chi connectivity index (χ0v) is 20.4. The van der Waals surface area contributed by atoms with E-state index in [1.54, 1.807) is 0 Å².